The monoisotopic (exact) mass is 306 g/mol. The quantitative estimate of drug-likeness (QED) is 0.391. The maximum absolute atomic E-state index is 4.88. The topological polar surface area (TPSA) is 34.1 Å². The van der Waals surface area contributed by atoms with Gasteiger partial charge in [0.05, 0.1) is 7.11 Å². The lowest BCUT2D eigenvalue weighted by molar-refractivity contribution is 0.0804. The molecule has 1 N–H and O–H groups in total. The van der Waals surface area contributed by atoms with Crippen molar-refractivity contribution >= 4 is 0 Å². The lowest BCUT2D eigenvalue weighted by atomic mass is 10.0. The number of hydrogen-bond donors (Lipinski definition) is 1. The van der Waals surface area contributed by atoms with Crippen molar-refractivity contribution in [1.29, 1.82) is 0 Å². The van der Waals surface area contributed by atoms with Crippen molar-refractivity contribution in [3.8, 4) is 0 Å². The summed E-state index contributed by atoms with van der Waals surface area (Å²) in [5.74, 6) is 0.715. The van der Waals surface area contributed by atoms with Crippen LogP contribution in [0.1, 0.15) is 70.3 Å². The van der Waals surface area contributed by atoms with Crippen LogP contribution >= 0.6 is 0 Å². The van der Waals surface area contributed by atoms with Gasteiger partial charge in [-0.1, -0.05) is 57.9 Å². The van der Waals surface area contributed by atoms with Crippen LogP contribution in [0.5, 0.6) is 0 Å². The van der Waals surface area contributed by atoms with Crippen LogP contribution in [-0.2, 0) is 11.3 Å². The Bertz CT molecular complexity index is 343. The SMILES string of the molecule is CONC[C@@H](C)CCCCCCCCCCc1cccnc1. The van der Waals surface area contributed by atoms with Gasteiger partial charge in [-0.05, 0) is 36.8 Å². The van der Waals surface area contributed by atoms with Gasteiger partial charge in [0.1, 0.15) is 0 Å². The maximum atomic E-state index is 4.88. The fraction of sp³-hybridized carbons (Fsp3) is 0.737. The summed E-state index contributed by atoms with van der Waals surface area (Å²) in [6, 6.07) is 4.21. The lowest BCUT2D eigenvalue weighted by Gasteiger charge is -2.10. The van der Waals surface area contributed by atoms with E-state index in [2.05, 4.69) is 23.5 Å². The fourth-order valence-electron chi connectivity index (χ4n) is 2.76. The van der Waals surface area contributed by atoms with Crippen LogP contribution in [-0.4, -0.2) is 18.6 Å². The summed E-state index contributed by atoms with van der Waals surface area (Å²) in [6.07, 6.45) is 17.3. The zero-order valence-corrected chi connectivity index (χ0v) is 14.5. The minimum atomic E-state index is 0.715. The van der Waals surface area contributed by atoms with Crippen molar-refractivity contribution in [2.75, 3.05) is 13.7 Å². The minimum Gasteiger partial charge on any atom is -0.305 e. The number of unbranched alkanes of at least 4 members (excludes halogenated alkanes) is 7. The first kappa shape index (κ1) is 19.1. The summed E-state index contributed by atoms with van der Waals surface area (Å²) in [5, 5.41) is 0. The van der Waals surface area contributed by atoms with Gasteiger partial charge in [-0.25, -0.2) is 5.48 Å². The number of pyridine rings is 1. The van der Waals surface area contributed by atoms with Crippen LogP contribution in [0.2, 0.25) is 0 Å². The molecule has 0 saturated heterocycles. The summed E-state index contributed by atoms with van der Waals surface area (Å²) in [4.78, 5) is 9.04. The summed E-state index contributed by atoms with van der Waals surface area (Å²) in [7, 11) is 1.68. The number of aromatic nitrogens is 1. The molecule has 0 aliphatic heterocycles. The van der Waals surface area contributed by atoms with Crippen molar-refractivity contribution in [3.05, 3.63) is 30.1 Å². The molecule has 0 unspecified atom stereocenters. The molecule has 0 amide bonds. The molecular weight excluding hydrogens is 272 g/mol. The molecule has 22 heavy (non-hydrogen) atoms. The second kappa shape index (κ2) is 13.7. The summed E-state index contributed by atoms with van der Waals surface area (Å²) < 4.78 is 0. The van der Waals surface area contributed by atoms with E-state index in [-0.39, 0.29) is 0 Å². The molecule has 0 saturated carbocycles. The Balaban J connectivity index is 1.80. The summed E-state index contributed by atoms with van der Waals surface area (Å²) >= 11 is 0. The normalized spacial score (nSPS) is 12.5. The van der Waals surface area contributed by atoms with Crippen LogP contribution < -0.4 is 5.48 Å². The van der Waals surface area contributed by atoms with E-state index in [9.17, 15) is 0 Å². The average molecular weight is 306 g/mol. The molecule has 0 bridgehead atoms. The van der Waals surface area contributed by atoms with Crippen LogP contribution in [0.25, 0.3) is 0 Å². The highest BCUT2D eigenvalue weighted by atomic mass is 16.6. The van der Waals surface area contributed by atoms with Gasteiger partial charge in [0.15, 0.2) is 0 Å². The summed E-state index contributed by atoms with van der Waals surface area (Å²) in [6.45, 7) is 3.25. The molecule has 1 aromatic rings. The number of aryl methyl sites for hydroxylation is 1. The average Bonchev–Trinajstić information content (AvgIpc) is 2.55. The van der Waals surface area contributed by atoms with Gasteiger partial charge in [-0.15, -0.1) is 0 Å². The largest absolute Gasteiger partial charge is 0.305 e. The van der Waals surface area contributed by atoms with Crippen LogP contribution in [0, 0.1) is 5.92 Å². The molecule has 3 heteroatoms. The fourth-order valence-corrected chi connectivity index (χ4v) is 2.76. The van der Waals surface area contributed by atoms with Crippen molar-refractivity contribution < 1.29 is 4.84 Å². The number of rotatable bonds is 14. The van der Waals surface area contributed by atoms with Gasteiger partial charge in [-0.2, -0.15) is 0 Å². The van der Waals surface area contributed by atoms with E-state index < -0.39 is 0 Å². The van der Waals surface area contributed by atoms with Crippen LogP contribution in [0.3, 0.4) is 0 Å². The van der Waals surface area contributed by atoms with E-state index in [0.29, 0.717) is 5.92 Å². The first-order valence-corrected chi connectivity index (χ1v) is 8.97. The Hall–Kier alpha value is -0.930. The van der Waals surface area contributed by atoms with Gasteiger partial charge < -0.3 is 4.84 Å². The highest BCUT2D eigenvalue weighted by Crippen LogP contribution is 2.13. The maximum Gasteiger partial charge on any atom is 0.0572 e. The van der Waals surface area contributed by atoms with Crippen molar-refractivity contribution in [1.82, 2.24) is 10.5 Å². The Kier molecular flexibility index (Phi) is 11.9. The third-order valence-electron chi connectivity index (χ3n) is 4.21. The molecule has 1 rings (SSSR count). The zero-order valence-electron chi connectivity index (χ0n) is 14.5. The number of hydroxylamine groups is 1. The Morgan fingerprint density at radius 3 is 2.36 bits per heavy atom. The van der Waals surface area contributed by atoms with E-state index >= 15 is 0 Å². The third-order valence-corrected chi connectivity index (χ3v) is 4.21. The molecule has 0 spiro atoms. The molecule has 1 heterocycles. The second-order valence-electron chi connectivity index (χ2n) is 6.39. The molecule has 0 aliphatic rings. The minimum absolute atomic E-state index is 0.715. The summed E-state index contributed by atoms with van der Waals surface area (Å²) in [5.41, 5.74) is 4.31. The van der Waals surface area contributed by atoms with Gasteiger partial charge >= 0.3 is 0 Å². The molecular formula is C19H34N2O. The third kappa shape index (κ3) is 10.7. The first-order chi connectivity index (χ1) is 10.8. The number of nitrogens with one attached hydrogen (secondary N) is 1. The predicted molar refractivity (Wildman–Crippen MR) is 93.7 cm³/mol. The Morgan fingerprint density at radius 1 is 1.05 bits per heavy atom. The highest BCUT2D eigenvalue weighted by molar-refractivity contribution is 5.08. The number of hydrogen-bond acceptors (Lipinski definition) is 3. The number of nitrogens with zero attached hydrogens (tertiary/aromatic N) is 1. The molecule has 1 aromatic heterocycles. The van der Waals surface area contributed by atoms with E-state index in [0.717, 1.165) is 6.54 Å². The van der Waals surface area contributed by atoms with Crippen molar-refractivity contribution in [3.63, 3.8) is 0 Å². The highest BCUT2D eigenvalue weighted by Gasteiger charge is 2.01. The first-order valence-electron chi connectivity index (χ1n) is 8.97. The standard InChI is InChI=1S/C19H34N2O/c1-18(16-21-22-2)12-9-7-5-3-4-6-8-10-13-19-14-11-15-20-17-19/h11,14-15,17-18,21H,3-10,12-13,16H2,1-2H3/t18-/m0/s1. The predicted octanol–water partition coefficient (Wildman–Crippen LogP) is 4.92. The smallest absolute Gasteiger partial charge is 0.0572 e. The van der Waals surface area contributed by atoms with E-state index in [1.807, 2.05) is 18.5 Å². The molecule has 1 atom stereocenters. The van der Waals surface area contributed by atoms with Crippen LogP contribution in [0.15, 0.2) is 24.5 Å². The lowest BCUT2D eigenvalue weighted by Crippen LogP contribution is -2.19. The molecule has 0 radical (unpaired) electrons. The molecule has 0 aliphatic carbocycles. The van der Waals surface area contributed by atoms with Gasteiger partial charge in [-0.3, -0.25) is 4.98 Å². The van der Waals surface area contributed by atoms with Crippen molar-refractivity contribution in [2.24, 2.45) is 5.92 Å². The van der Waals surface area contributed by atoms with Gasteiger partial charge in [0, 0.05) is 18.9 Å². The molecule has 3 nitrogen and oxygen atoms in total. The van der Waals surface area contributed by atoms with Crippen molar-refractivity contribution in [2.45, 2.75) is 71.1 Å². The van der Waals surface area contributed by atoms with Crippen LogP contribution in [0.4, 0.5) is 0 Å². The molecule has 0 aromatic carbocycles. The zero-order chi connectivity index (χ0) is 15.9. The van der Waals surface area contributed by atoms with E-state index in [1.165, 1.54) is 69.8 Å². The Labute approximate surface area is 136 Å². The van der Waals surface area contributed by atoms with Gasteiger partial charge in [0.25, 0.3) is 0 Å². The molecule has 0 fully saturated rings. The second-order valence-corrected chi connectivity index (χ2v) is 6.39. The molecule has 126 valence electrons. The van der Waals surface area contributed by atoms with E-state index in [1.54, 1.807) is 7.11 Å². The van der Waals surface area contributed by atoms with Gasteiger partial charge in [0.2, 0.25) is 0 Å². The Morgan fingerprint density at radius 2 is 1.73 bits per heavy atom. The van der Waals surface area contributed by atoms with E-state index in [4.69, 9.17) is 4.84 Å².